The quantitative estimate of drug-likeness (QED) is 0.482. The minimum atomic E-state index is -3.25. The molecule has 1 heterocycles. The number of rotatable bonds is 6. The van der Waals surface area contributed by atoms with Crippen LogP contribution in [0.4, 0.5) is 0 Å². The van der Waals surface area contributed by atoms with E-state index in [9.17, 15) is 8.42 Å². The summed E-state index contributed by atoms with van der Waals surface area (Å²) in [6, 6.07) is 3.48. The molecule has 0 saturated heterocycles. The molecule has 0 aliphatic carbocycles. The van der Waals surface area contributed by atoms with Gasteiger partial charge in [-0.1, -0.05) is 22.6 Å². The lowest BCUT2D eigenvalue weighted by Crippen LogP contribution is -2.24. The molecular weight excluding hydrogens is 345 g/mol. The third kappa shape index (κ3) is 4.38. The third-order valence-electron chi connectivity index (χ3n) is 1.83. The van der Waals surface area contributed by atoms with Gasteiger partial charge in [0.1, 0.15) is 4.21 Å². The fourth-order valence-corrected chi connectivity index (χ4v) is 4.00. The predicted octanol–water partition coefficient (Wildman–Crippen LogP) is 2.55. The first-order valence-electron chi connectivity index (χ1n) is 4.68. The number of unbranched alkanes of at least 4 members (excludes halogenated alkanes) is 1. The van der Waals surface area contributed by atoms with Crippen LogP contribution in [0, 0.1) is 6.92 Å². The number of sulfonamides is 1. The highest BCUT2D eigenvalue weighted by Crippen LogP contribution is 2.20. The van der Waals surface area contributed by atoms with Gasteiger partial charge >= 0.3 is 0 Å². The Labute approximate surface area is 108 Å². The van der Waals surface area contributed by atoms with Crippen molar-refractivity contribution in [2.75, 3.05) is 11.0 Å². The van der Waals surface area contributed by atoms with Gasteiger partial charge in [0, 0.05) is 11.4 Å². The largest absolute Gasteiger partial charge is 0.250 e. The van der Waals surface area contributed by atoms with Crippen molar-refractivity contribution in [3.63, 3.8) is 0 Å². The van der Waals surface area contributed by atoms with Crippen LogP contribution in [0.1, 0.15) is 17.7 Å². The number of alkyl halides is 1. The summed E-state index contributed by atoms with van der Waals surface area (Å²) in [6.45, 7) is 2.43. The first-order valence-corrected chi connectivity index (χ1v) is 8.51. The molecular formula is C9H14INO2S2. The molecule has 0 aromatic carbocycles. The summed E-state index contributed by atoms with van der Waals surface area (Å²) in [5, 5.41) is 0. The molecule has 1 rings (SSSR count). The average Bonchev–Trinajstić information content (AvgIpc) is 2.60. The van der Waals surface area contributed by atoms with E-state index >= 15 is 0 Å². The van der Waals surface area contributed by atoms with Crippen molar-refractivity contribution in [1.29, 1.82) is 0 Å². The molecule has 15 heavy (non-hydrogen) atoms. The van der Waals surface area contributed by atoms with Gasteiger partial charge in [-0.25, -0.2) is 13.1 Å². The van der Waals surface area contributed by atoms with Crippen LogP contribution >= 0.6 is 33.9 Å². The molecule has 0 bridgehead atoms. The lowest BCUT2D eigenvalue weighted by molar-refractivity contribution is 0.581. The number of thiophene rings is 1. The molecule has 0 fully saturated rings. The van der Waals surface area contributed by atoms with Gasteiger partial charge in [-0.05, 0) is 36.3 Å². The molecule has 1 N–H and O–H groups in total. The molecule has 0 amide bonds. The molecule has 0 aliphatic heterocycles. The molecule has 1 aromatic heterocycles. The maximum Gasteiger partial charge on any atom is 0.250 e. The van der Waals surface area contributed by atoms with Gasteiger partial charge in [-0.15, -0.1) is 11.3 Å². The van der Waals surface area contributed by atoms with Crippen molar-refractivity contribution in [3.05, 3.63) is 17.0 Å². The van der Waals surface area contributed by atoms with Gasteiger partial charge in [-0.2, -0.15) is 0 Å². The van der Waals surface area contributed by atoms with Crippen LogP contribution in [-0.2, 0) is 10.0 Å². The van der Waals surface area contributed by atoms with Crippen molar-refractivity contribution in [2.45, 2.75) is 24.0 Å². The summed E-state index contributed by atoms with van der Waals surface area (Å²) < 4.78 is 27.5. The van der Waals surface area contributed by atoms with Crippen LogP contribution in [0.2, 0.25) is 0 Å². The summed E-state index contributed by atoms with van der Waals surface area (Å²) in [6.07, 6.45) is 1.94. The number of nitrogens with one attached hydrogen (secondary N) is 1. The van der Waals surface area contributed by atoms with Crippen LogP contribution in [0.25, 0.3) is 0 Å². The monoisotopic (exact) mass is 359 g/mol. The maximum atomic E-state index is 11.7. The summed E-state index contributed by atoms with van der Waals surface area (Å²) in [7, 11) is -3.25. The number of hydrogen-bond donors (Lipinski definition) is 1. The second-order valence-corrected chi connectivity index (χ2v) is 7.52. The van der Waals surface area contributed by atoms with E-state index in [2.05, 4.69) is 27.3 Å². The van der Waals surface area contributed by atoms with E-state index in [4.69, 9.17) is 0 Å². The van der Waals surface area contributed by atoms with E-state index in [0.717, 1.165) is 22.1 Å². The Balaban J connectivity index is 2.53. The molecule has 6 heteroatoms. The lowest BCUT2D eigenvalue weighted by Gasteiger charge is -2.03. The molecule has 0 atom stereocenters. The zero-order valence-electron chi connectivity index (χ0n) is 8.49. The molecule has 0 unspecified atom stereocenters. The topological polar surface area (TPSA) is 46.2 Å². The Kier molecular flexibility index (Phi) is 5.51. The van der Waals surface area contributed by atoms with Gasteiger partial charge in [-0.3, -0.25) is 0 Å². The van der Waals surface area contributed by atoms with Crippen LogP contribution in [0.15, 0.2) is 16.3 Å². The minimum Gasteiger partial charge on any atom is -0.210 e. The number of halogens is 1. The molecule has 0 saturated carbocycles. The predicted molar refractivity (Wildman–Crippen MR) is 72.4 cm³/mol. The Morgan fingerprint density at radius 1 is 1.40 bits per heavy atom. The average molecular weight is 359 g/mol. The molecule has 1 aromatic rings. The van der Waals surface area contributed by atoms with Crippen molar-refractivity contribution >= 4 is 44.0 Å². The van der Waals surface area contributed by atoms with Crippen molar-refractivity contribution in [1.82, 2.24) is 4.72 Å². The second kappa shape index (κ2) is 6.17. The third-order valence-corrected chi connectivity index (χ3v) is 5.55. The molecule has 0 spiro atoms. The van der Waals surface area contributed by atoms with Crippen LogP contribution in [0.5, 0.6) is 0 Å². The minimum absolute atomic E-state index is 0.412. The molecule has 0 aliphatic rings. The Morgan fingerprint density at radius 3 is 2.67 bits per heavy atom. The summed E-state index contributed by atoms with van der Waals surface area (Å²) in [5.74, 6) is 0. The van der Waals surface area contributed by atoms with Crippen molar-refractivity contribution in [3.8, 4) is 0 Å². The first kappa shape index (κ1) is 13.4. The van der Waals surface area contributed by atoms with E-state index in [-0.39, 0.29) is 0 Å². The number of aryl methyl sites for hydroxylation is 1. The fourth-order valence-electron chi connectivity index (χ4n) is 1.05. The lowest BCUT2D eigenvalue weighted by atomic mass is 10.3. The van der Waals surface area contributed by atoms with Gasteiger partial charge in [0.15, 0.2) is 0 Å². The van der Waals surface area contributed by atoms with Gasteiger partial charge in [0.2, 0.25) is 10.0 Å². The zero-order valence-corrected chi connectivity index (χ0v) is 12.3. The molecule has 86 valence electrons. The molecule has 0 radical (unpaired) electrons. The zero-order chi connectivity index (χ0) is 11.3. The van der Waals surface area contributed by atoms with Crippen molar-refractivity contribution in [2.24, 2.45) is 0 Å². The van der Waals surface area contributed by atoms with E-state index in [1.807, 2.05) is 13.0 Å². The van der Waals surface area contributed by atoms with E-state index in [1.54, 1.807) is 6.07 Å². The van der Waals surface area contributed by atoms with Crippen LogP contribution in [-0.4, -0.2) is 19.4 Å². The Hall–Kier alpha value is 0.340. The second-order valence-electron chi connectivity index (χ2n) is 3.16. The van der Waals surface area contributed by atoms with E-state index < -0.39 is 10.0 Å². The van der Waals surface area contributed by atoms with Gasteiger partial charge in [0.05, 0.1) is 0 Å². The van der Waals surface area contributed by atoms with Gasteiger partial charge in [0.25, 0.3) is 0 Å². The summed E-state index contributed by atoms with van der Waals surface area (Å²) >= 11 is 3.59. The SMILES string of the molecule is Cc1ccc(S(=O)(=O)NCCCCI)s1. The normalized spacial score (nSPS) is 11.9. The first-order chi connectivity index (χ1) is 7.06. The van der Waals surface area contributed by atoms with Crippen LogP contribution < -0.4 is 4.72 Å². The maximum absolute atomic E-state index is 11.7. The Morgan fingerprint density at radius 2 is 2.13 bits per heavy atom. The van der Waals surface area contributed by atoms with Gasteiger partial charge < -0.3 is 0 Å². The highest BCUT2D eigenvalue weighted by Gasteiger charge is 2.14. The highest BCUT2D eigenvalue weighted by molar-refractivity contribution is 14.1. The van der Waals surface area contributed by atoms with Crippen molar-refractivity contribution < 1.29 is 8.42 Å². The summed E-state index contributed by atoms with van der Waals surface area (Å²) in [5.41, 5.74) is 0. The Bertz CT molecular complexity index is 400. The fraction of sp³-hybridized carbons (Fsp3) is 0.556. The smallest absolute Gasteiger partial charge is 0.210 e. The molecule has 3 nitrogen and oxygen atoms in total. The van der Waals surface area contributed by atoms with E-state index in [1.165, 1.54) is 11.3 Å². The summed E-state index contributed by atoms with van der Waals surface area (Å²) in [4.78, 5) is 1.02. The standard InChI is InChI=1S/C9H14INO2S2/c1-8-4-5-9(14-8)15(12,13)11-7-3-2-6-10/h4-5,11H,2-3,6-7H2,1H3. The highest BCUT2D eigenvalue weighted by atomic mass is 127. The number of hydrogen-bond acceptors (Lipinski definition) is 3. The van der Waals surface area contributed by atoms with Crippen LogP contribution in [0.3, 0.4) is 0 Å². The van der Waals surface area contributed by atoms with E-state index in [0.29, 0.717) is 10.8 Å².